The second kappa shape index (κ2) is 13.1. The number of ether oxygens (including phenoxy) is 4. The second-order valence-corrected chi connectivity index (χ2v) is 8.52. The maximum absolute atomic E-state index is 12.5. The molecule has 1 atom stereocenters. The topological polar surface area (TPSA) is 137 Å². The summed E-state index contributed by atoms with van der Waals surface area (Å²) < 4.78 is 21.8. The van der Waals surface area contributed by atoms with Crippen molar-refractivity contribution in [3.8, 4) is 17.2 Å². The van der Waals surface area contributed by atoms with Crippen molar-refractivity contribution in [3.05, 3.63) is 64.9 Å². The Balaban J connectivity index is 1.63. The Kier molecular flexibility index (Phi) is 9.69. The van der Waals surface area contributed by atoms with Crippen molar-refractivity contribution in [2.24, 2.45) is 5.10 Å². The fourth-order valence-corrected chi connectivity index (χ4v) is 3.67. The zero-order valence-corrected chi connectivity index (χ0v) is 22.0. The predicted molar refractivity (Wildman–Crippen MR) is 140 cm³/mol. The van der Waals surface area contributed by atoms with Crippen LogP contribution in [-0.2, 0) is 14.3 Å². The van der Waals surface area contributed by atoms with Gasteiger partial charge < -0.3 is 29.6 Å². The molecule has 202 valence electrons. The van der Waals surface area contributed by atoms with Crippen LogP contribution in [0.1, 0.15) is 44.9 Å². The van der Waals surface area contributed by atoms with Crippen LogP contribution in [0.2, 0.25) is 0 Å². The molecule has 38 heavy (non-hydrogen) atoms. The Morgan fingerprint density at radius 1 is 1.13 bits per heavy atom. The molecule has 0 fully saturated rings. The molecule has 3 rings (SSSR count). The van der Waals surface area contributed by atoms with Gasteiger partial charge >= 0.3 is 12.0 Å². The summed E-state index contributed by atoms with van der Waals surface area (Å²) in [5.41, 5.74) is 4.45. The van der Waals surface area contributed by atoms with Gasteiger partial charge in [-0.2, -0.15) is 5.10 Å². The van der Waals surface area contributed by atoms with Crippen LogP contribution in [0.25, 0.3) is 0 Å². The van der Waals surface area contributed by atoms with Crippen molar-refractivity contribution in [1.29, 1.82) is 0 Å². The third-order valence-electron chi connectivity index (χ3n) is 5.30. The first-order valence-electron chi connectivity index (χ1n) is 12.1. The highest BCUT2D eigenvalue weighted by Gasteiger charge is 2.32. The summed E-state index contributed by atoms with van der Waals surface area (Å²) >= 11 is 0. The molecule has 0 spiro atoms. The van der Waals surface area contributed by atoms with Gasteiger partial charge in [-0.25, -0.2) is 15.0 Å². The molecule has 3 N–H and O–H groups in total. The number of methoxy groups -OCH3 is 1. The number of benzene rings is 2. The summed E-state index contributed by atoms with van der Waals surface area (Å²) in [6.45, 7) is 7.11. The number of carbonyl (C=O) groups is 3. The molecule has 3 amide bonds. The Morgan fingerprint density at radius 3 is 2.53 bits per heavy atom. The average Bonchev–Trinajstić information content (AvgIpc) is 2.87. The fourth-order valence-electron chi connectivity index (χ4n) is 3.67. The van der Waals surface area contributed by atoms with Crippen LogP contribution in [0.5, 0.6) is 17.2 Å². The minimum absolute atomic E-state index is 0.0807. The number of nitrogens with one attached hydrogen (secondary N) is 3. The van der Waals surface area contributed by atoms with Gasteiger partial charge in [0.15, 0.2) is 18.1 Å². The van der Waals surface area contributed by atoms with E-state index in [0.717, 1.165) is 11.3 Å². The molecule has 11 nitrogen and oxygen atoms in total. The first kappa shape index (κ1) is 28.0. The van der Waals surface area contributed by atoms with E-state index in [1.165, 1.54) is 13.3 Å². The third kappa shape index (κ3) is 7.48. The highest BCUT2D eigenvalue weighted by molar-refractivity contribution is 5.95. The smallest absolute Gasteiger partial charge is 0.338 e. The van der Waals surface area contributed by atoms with Gasteiger partial charge in [0.05, 0.1) is 37.7 Å². The van der Waals surface area contributed by atoms with E-state index in [0.29, 0.717) is 22.8 Å². The monoisotopic (exact) mass is 524 g/mol. The van der Waals surface area contributed by atoms with Gasteiger partial charge in [0.2, 0.25) is 0 Å². The number of carbonyl (C=O) groups excluding carboxylic acids is 3. The first-order chi connectivity index (χ1) is 18.2. The molecule has 0 saturated heterocycles. The van der Waals surface area contributed by atoms with Crippen LogP contribution < -0.4 is 30.3 Å². The standard InChI is InChI=1S/C27H32N4O7/c1-6-36-26(33)24-17(4)29-27(34)30-25(24)19-9-12-21(22(13-19)35-5)37-15-23(32)31-28-14-18-7-10-20(11-8-18)38-16(2)3/h7-14,16,25H,6,15H2,1-5H3,(H,31,32)(H2,29,30,34)/b28-14-/t25-/m0/s1. The lowest BCUT2D eigenvalue weighted by atomic mass is 9.95. The summed E-state index contributed by atoms with van der Waals surface area (Å²) in [7, 11) is 1.45. The van der Waals surface area contributed by atoms with Gasteiger partial charge in [0.25, 0.3) is 5.91 Å². The first-order valence-corrected chi connectivity index (χ1v) is 12.1. The van der Waals surface area contributed by atoms with Gasteiger partial charge in [-0.05, 0) is 75.2 Å². The number of amides is 3. The molecule has 0 unspecified atom stereocenters. The van der Waals surface area contributed by atoms with E-state index in [9.17, 15) is 14.4 Å². The molecule has 0 saturated carbocycles. The van der Waals surface area contributed by atoms with Gasteiger partial charge in [0.1, 0.15) is 5.75 Å². The Morgan fingerprint density at radius 2 is 1.87 bits per heavy atom. The zero-order valence-electron chi connectivity index (χ0n) is 22.0. The van der Waals surface area contributed by atoms with Crippen LogP contribution in [0.15, 0.2) is 58.8 Å². The molecule has 1 heterocycles. The lowest BCUT2D eigenvalue weighted by molar-refractivity contribution is -0.139. The number of hydrogen-bond donors (Lipinski definition) is 3. The number of urea groups is 1. The van der Waals surface area contributed by atoms with Crippen molar-refractivity contribution in [3.63, 3.8) is 0 Å². The van der Waals surface area contributed by atoms with E-state index < -0.39 is 23.9 Å². The van der Waals surface area contributed by atoms with E-state index in [1.807, 2.05) is 38.1 Å². The van der Waals surface area contributed by atoms with Crippen LogP contribution in [0.4, 0.5) is 4.79 Å². The number of hydrazone groups is 1. The van der Waals surface area contributed by atoms with Gasteiger partial charge in [-0.15, -0.1) is 0 Å². The van der Waals surface area contributed by atoms with Crippen LogP contribution in [0.3, 0.4) is 0 Å². The molecule has 0 aromatic heterocycles. The number of allylic oxidation sites excluding steroid dienone is 1. The number of esters is 1. The summed E-state index contributed by atoms with van der Waals surface area (Å²) in [4.78, 5) is 36.9. The molecular weight excluding hydrogens is 492 g/mol. The molecule has 11 heteroatoms. The molecule has 0 aliphatic carbocycles. The maximum Gasteiger partial charge on any atom is 0.338 e. The molecular formula is C27H32N4O7. The van der Waals surface area contributed by atoms with Gasteiger partial charge in [-0.1, -0.05) is 6.07 Å². The highest BCUT2D eigenvalue weighted by Crippen LogP contribution is 2.34. The normalized spacial score (nSPS) is 15.1. The van der Waals surface area contributed by atoms with Gasteiger partial charge in [-0.3, -0.25) is 4.79 Å². The Bertz CT molecular complexity index is 1220. The summed E-state index contributed by atoms with van der Waals surface area (Å²) in [6.07, 6.45) is 1.59. The zero-order chi connectivity index (χ0) is 27.7. The molecule has 2 aromatic carbocycles. The summed E-state index contributed by atoms with van der Waals surface area (Å²) in [6, 6.07) is 11.0. The highest BCUT2D eigenvalue weighted by atomic mass is 16.5. The third-order valence-corrected chi connectivity index (χ3v) is 5.30. The Labute approximate surface area is 221 Å². The van der Waals surface area contributed by atoms with Crippen LogP contribution in [0, 0.1) is 0 Å². The average molecular weight is 525 g/mol. The van der Waals surface area contributed by atoms with Crippen LogP contribution in [-0.4, -0.2) is 50.5 Å². The minimum atomic E-state index is -0.755. The summed E-state index contributed by atoms with van der Waals surface area (Å²) in [5.74, 6) is 0.353. The largest absolute Gasteiger partial charge is 0.493 e. The fraction of sp³-hybridized carbons (Fsp3) is 0.333. The molecule has 0 bridgehead atoms. The van der Waals surface area contributed by atoms with E-state index in [-0.39, 0.29) is 24.9 Å². The quantitative estimate of drug-likeness (QED) is 0.233. The lowest BCUT2D eigenvalue weighted by Gasteiger charge is -2.28. The molecule has 1 aliphatic heterocycles. The van der Waals surface area contributed by atoms with E-state index in [4.69, 9.17) is 18.9 Å². The SMILES string of the molecule is CCOC(=O)C1=C(C)NC(=O)N[C@H]1c1ccc(OCC(=O)N/N=C\c2ccc(OC(C)C)cc2)c(OC)c1. The maximum atomic E-state index is 12.5. The minimum Gasteiger partial charge on any atom is -0.493 e. The van der Waals surface area contributed by atoms with E-state index in [1.54, 1.807) is 32.0 Å². The molecule has 0 radical (unpaired) electrons. The van der Waals surface area contributed by atoms with Crippen LogP contribution >= 0.6 is 0 Å². The number of rotatable bonds is 11. The Hall–Kier alpha value is -4.54. The predicted octanol–water partition coefficient (Wildman–Crippen LogP) is 3.20. The van der Waals surface area contributed by atoms with E-state index in [2.05, 4.69) is 21.2 Å². The second-order valence-electron chi connectivity index (χ2n) is 8.52. The van der Waals surface area contributed by atoms with E-state index >= 15 is 0 Å². The summed E-state index contributed by atoms with van der Waals surface area (Å²) in [5, 5.41) is 9.26. The molecule has 2 aromatic rings. The molecule has 1 aliphatic rings. The van der Waals surface area contributed by atoms with Gasteiger partial charge in [0, 0.05) is 5.70 Å². The number of nitrogens with zero attached hydrogens (tertiary/aromatic N) is 1. The lowest BCUT2D eigenvalue weighted by Crippen LogP contribution is -2.45. The van der Waals surface area contributed by atoms with Crippen molar-refractivity contribution in [2.45, 2.75) is 39.8 Å². The van der Waals surface area contributed by atoms with Crippen molar-refractivity contribution in [2.75, 3.05) is 20.3 Å². The number of hydrogen-bond acceptors (Lipinski definition) is 8. The van der Waals surface area contributed by atoms with Crippen molar-refractivity contribution >= 4 is 24.1 Å². The van der Waals surface area contributed by atoms with Crippen molar-refractivity contribution < 1.29 is 33.3 Å². The van der Waals surface area contributed by atoms with Crippen molar-refractivity contribution in [1.82, 2.24) is 16.1 Å².